The number of halogens is 1. The summed E-state index contributed by atoms with van der Waals surface area (Å²) in [7, 11) is 0. The maximum absolute atomic E-state index is 14.0. The Morgan fingerprint density at radius 1 is 1.20 bits per heavy atom. The number of aromatic nitrogens is 2. The second kappa shape index (κ2) is 8.72. The summed E-state index contributed by atoms with van der Waals surface area (Å²) in [5.41, 5.74) is 10.6. The number of nitrogens with two attached hydrogens (primary N) is 1. The molecule has 5 nitrogen and oxygen atoms in total. The third kappa shape index (κ3) is 4.81. The number of rotatable bonds is 8. The first-order valence-corrected chi connectivity index (χ1v) is 10.9. The Bertz CT molecular complexity index is 924. The third-order valence-electron chi connectivity index (χ3n) is 5.93. The number of benzene rings is 1. The molecule has 0 radical (unpaired) electrons. The zero-order valence-corrected chi connectivity index (χ0v) is 18.0. The van der Waals surface area contributed by atoms with Crippen molar-refractivity contribution in [3.8, 4) is 6.01 Å². The van der Waals surface area contributed by atoms with Crippen molar-refractivity contribution >= 4 is 11.4 Å². The van der Waals surface area contributed by atoms with E-state index in [0.29, 0.717) is 31.4 Å². The second-order valence-electron chi connectivity index (χ2n) is 8.72. The molecule has 4 rings (SSSR count). The lowest BCUT2D eigenvalue weighted by Gasteiger charge is -2.17. The van der Waals surface area contributed by atoms with Gasteiger partial charge in [-0.1, -0.05) is 43.7 Å². The van der Waals surface area contributed by atoms with Crippen LogP contribution in [0.3, 0.4) is 0 Å². The largest absolute Gasteiger partial charge is 0.463 e. The van der Waals surface area contributed by atoms with Crippen LogP contribution in [0.15, 0.2) is 30.3 Å². The summed E-state index contributed by atoms with van der Waals surface area (Å²) in [6.07, 6.45) is 6.40. The van der Waals surface area contributed by atoms with Crippen LogP contribution in [-0.4, -0.2) is 40.2 Å². The van der Waals surface area contributed by atoms with Crippen LogP contribution in [0, 0.1) is 0 Å². The average Bonchev–Trinajstić information content (AvgIpc) is 3.26. The first-order chi connectivity index (χ1) is 14.4. The van der Waals surface area contributed by atoms with Gasteiger partial charge in [-0.3, -0.25) is 4.90 Å². The van der Waals surface area contributed by atoms with Crippen LogP contribution in [-0.2, 0) is 19.4 Å². The Hall–Kier alpha value is -2.47. The molecule has 1 aliphatic heterocycles. The molecule has 1 fully saturated rings. The number of nitrogens with zero attached hydrogens (tertiary/aromatic N) is 3. The van der Waals surface area contributed by atoms with Crippen LogP contribution in [0.25, 0.3) is 5.57 Å². The lowest BCUT2D eigenvalue weighted by atomic mass is 10.0. The molecule has 1 aliphatic carbocycles. The maximum atomic E-state index is 14.0. The molecule has 30 heavy (non-hydrogen) atoms. The molecule has 1 atom stereocenters. The van der Waals surface area contributed by atoms with Gasteiger partial charge < -0.3 is 10.5 Å². The minimum absolute atomic E-state index is 0.369. The molecule has 160 valence electrons. The van der Waals surface area contributed by atoms with E-state index >= 15 is 0 Å². The van der Waals surface area contributed by atoms with Gasteiger partial charge >= 0.3 is 6.01 Å². The lowest BCUT2D eigenvalue weighted by Crippen LogP contribution is -2.25. The van der Waals surface area contributed by atoms with E-state index < -0.39 is 5.67 Å². The van der Waals surface area contributed by atoms with Crippen molar-refractivity contribution in [1.29, 1.82) is 0 Å². The smallest absolute Gasteiger partial charge is 0.318 e. The highest BCUT2D eigenvalue weighted by Crippen LogP contribution is 2.33. The van der Waals surface area contributed by atoms with E-state index in [1.807, 2.05) is 0 Å². The highest BCUT2D eigenvalue weighted by atomic mass is 19.1. The van der Waals surface area contributed by atoms with Gasteiger partial charge in [-0.25, -0.2) is 4.39 Å². The standard InChI is InChI=1S/C24H31FN4O/c1-3-4-13-30-23-27-21-19(9-10-20(21)22(26)28-23)14-17-5-7-18(8-6-17)15-29-12-11-24(2,25)16-29/h5-9H,3-4,10-16H2,1-2H3,(H2,26,27,28). The Balaban J connectivity index is 1.41. The summed E-state index contributed by atoms with van der Waals surface area (Å²) in [5.74, 6) is 0.513. The van der Waals surface area contributed by atoms with Gasteiger partial charge in [-0.2, -0.15) is 9.97 Å². The number of anilines is 1. The Morgan fingerprint density at radius 3 is 2.67 bits per heavy atom. The van der Waals surface area contributed by atoms with Gasteiger partial charge in [0.15, 0.2) is 0 Å². The molecule has 1 aromatic heterocycles. The maximum Gasteiger partial charge on any atom is 0.318 e. The van der Waals surface area contributed by atoms with Crippen LogP contribution in [0.1, 0.15) is 55.5 Å². The molecular formula is C24H31FN4O. The SMILES string of the molecule is CCCCOc1nc(N)c2c(n1)C(Cc1ccc(CN3CCC(C)(F)C3)cc1)=CC2. The first kappa shape index (κ1) is 20.8. The predicted octanol–water partition coefficient (Wildman–Crippen LogP) is 4.35. The summed E-state index contributed by atoms with van der Waals surface area (Å²) in [5, 5.41) is 0. The number of unbranched alkanes of at least 4 members (excludes halogenated alkanes) is 1. The van der Waals surface area contributed by atoms with Crippen molar-refractivity contribution in [3.05, 3.63) is 52.7 Å². The molecule has 0 spiro atoms. The Morgan fingerprint density at radius 2 is 1.97 bits per heavy atom. The molecule has 6 heteroatoms. The number of allylic oxidation sites excluding steroid dienone is 2. The summed E-state index contributed by atoms with van der Waals surface area (Å²) < 4.78 is 19.7. The fourth-order valence-corrected chi connectivity index (χ4v) is 4.19. The normalized spacial score (nSPS) is 21.0. The van der Waals surface area contributed by atoms with Crippen molar-refractivity contribution in [1.82, 2.24) is 14.9 Å². The topological polar surface area (TPSA) is 64.3 Å². The number of likely N-dealkylation sites (tertiary alicyclic amines) is 1. The predicted molar refractivity (Wildman–Crippen MR) is 118 cm³/mol. The van der Waals surface area contributed by atoms with Gasteiger partial charge in [0.2, 0.25) is 0 Å². The van der Waals surface area contributed by atoms with Crippen molar-refractivity contribution in [2.75, 3.05) is 25.4 Å². The highest BCUT2D eigenvalue weighted by Gasteiger charge is 2.33. The summed E-state index contributed by atoms with van der Waals surface area (Å²) in [6, 6.07) is 8.97. The molecule has 2 aliphatic rings. The zero-order valence-electron chi connectivity index (χ0n) is 18.0. The van der Waals surface area contributed by atoms with E-state index in [1.165, 1.54) is 16.7 Å². The monoisotopic (exact) mass is 410 g/mol. The van der Waals surface area contributed by atoms with E-state index in [9.17, 15) is 4.39 Å². The highest BCUT2D eigenvalue weighted by molar-refractivity contribution is 5.75. The van der Waals surface area contributed by atoms with Crippen molar-refractivity contribution in [2.45, 2.75) is 58.2 Å². The molecule has 0 amide bonds. The summed E-state index contributed by atoms with van der Waals surface area (Å²) in [4.78, 5) is 11.1. The molecule has 1 aromatic carbocycles. The number of ether oxygens (including phenoxy) is 1. The van der Waals surface area contributed by atoms with Gasteiger partial charge in [-0.15, -0.1) is 0 Å². The van der Waals surface area contributed by atoms with Gasteiger partial charge in [0.05, 0.1) is 12.3 Å². The van der Waals surface area contributed by atoms with Crippen LogP contribution in [0.5, 0.6) is 6.01 Å². The summed E-state index contributed by atoms with van der Waals surface area (Å²) in [6.45, 7) is 6.56. The van der Waals surface area contributed by atoms with E-state index in [1.54, 1.807) is 6.92 Å². The number of alkyl halides is 1. The average molecular weight is 411 g/mol. The van der Waals surface area contributed by atoms with Crippen molar-refractivity contribution < 1.29 is 9.13 Å². The second-order valence-corrected chi connectivity index (χ2v) is 8.72. The van der Waals surface area contributed by atoms with E-state index in [0.717, 1.165) is 50.0 Å². The van der Waals surface area contributed by atoms with Gasteiger partial charge in [-0.05, 0) is 49.3 Å². The quantitative estimate of drug-likeness (QED) is 0.656. The zero-order chi connectivity index (χ0) is 21.1. The van der Waals surface area contributed by atoms with Crippen LogP contribution in [0.4, 0.5) is 10.2 Å². The molecular weight excluding hydrogens is 379 g/mol. The number of fused-ring (bicyclic) bond motifs is 1. The van der Waals surface area contributed by atoms with Crippen LogP contribution < -0.4 is 10.5 Å². The molecule has 0 saturated carbocycles. The number of hydrogen-bond donors (Lipinski definition) is 1. The number of nitrogen functional groups attached to an aromatic ring is 1. The number of hydrogen-bond acceptors (Lipinski definition) is 5. The van der Waals surface area contributed by atoms with E-state index in [4.69, 9.17) is 10.5 Å². The fourth-order valence-electron chi connectivity index (χ4n) is 4.19. The minimum Gasteiger partial charge on any atom is -0.463 e. The van der Waals surface area contributed by atoms with E-state index in [2.05, 4.69) is 52.1 Å². The van der Waals surface area contributed by atoms with Crippen molar-refractivity contribution in [2.24, 2.45) is 0 Å². The third-order valence-corrected chi connectivity index (χ3v) is 5.93. The van der Waals surface area contributed by atoms with Crippen LogP contribution >= 0.6 is 0 Å². The molecule has 1 saturated heterocycles. The molecule has 0 bridgehead atoms. The summed E-state index contributed by atoms with van der Waals surface area (Å²) >= 11 is 0. The van der Waals surface area contributed by atoms with Crippen molar-refractivity contribution in [3.63, 3.8) is 0 Å². The van der Waals surface area contributed by atoms with Gasteiger partial charge in [0.1, 0.15) is 11.5 Å². The fraction of sp³-hybridized carbons (Fsp3) is 0.500. The Labute approximate surface area is 178 Å². The van der Waals surface area contributed by atoms with E-state index in [-0.39, 0.29) is 0 Å². The minimum atomic E-state index is -1.05. The van der Waals surface area contributed by atoms with Gasteiger partial charge in [0, 0.05) is 25.2 Å². The lowest BCUT2D eigenvalue weighted by molar-refractivity contribution is 0.186. The Kier molecular flexibility index (Phi) is 6.04. The molecule has 1 unspecified atom stereocenters. The molecule has 2 aromatic rings. The molecule has 2 N–H and O–H groups in total. The van der Waals surface area contributed by atoms with Gasteiger partial charge in [0.25, 0.3) is 0 Å². The molecule has 2 heterocycles. The van der Waals surface area contributed by atoms with Crippen LogP contribution in [0.2, 0.25) is 0 Å². The first-order valence-electron chi connectivity index (χ1n) is 10.9.